The minimum atomic E-state index is 0.691. The maximum Gasteiger partial charge on any atom is 0.0568 e. The van der Waals surface area contributed by atoms with Gasteiger partial charge in [-0.1, -0.05) is 191 Å². The van der Waals surface area contributed by atoms with Crippen LogP contribution in [0.5, 0.6) is 0 Å². The van der Waals surface area contributed by atoms with Crippen molar-refractivity contribution in [3.63, 3.8) is 0 Å². The topological polar surface area (TPSA) is 24.7 Å². The second-order valence-corrected chi connectivity index (χ2v) is 14.4. The molecular formula is C43H68N2. The Morgan fingerprint density at radius 1 is 0.533 bits per heavy atom. The Morgan fingerprint density at radius 3 is 1.44 bits per heavy atom. The number of hydrogen-bond acceptors (Lipinski definition) is 2. The first kappa shape index (κ1) is 37.2. The Balaban J connectivity index is 1.30. The smallest absolute Gasteiger partial charge is 0.0568 e. The Hall–Kier alpha value is -2.22. The van der Waals surface area contributed by atoms with E-state index in [0.717, 1.165) is 23.0 Å². The van der Waals surface area contributed by atoms with E-state index in [2.05, 4.69) is 79.5 Å². The summed E-state index contributed by atoms with van der Waals surface area (Å²) >= 11 is 0. The lowest BCUT2D eigenvalue weighted by molar-refractivity contribution is 0.348. The van der Waals surface area contributed by atoms with Crippen LogP contribution >= 0.6 is 0 Å². The molecule has 0 N–H and O–H groups in total. The molecule has 0 aliphatic heterocycles. The van der Waals surface area contributed by atoms with Crippen molar-refractivity contribution in [1.29, 1.82) is 0 Å². The molecule has 250 valence electrons. The van der Waals surface area contributed by atoms with Gasteiger partial charge < -0.3 is 0 Å². The van der Waals surface area contributed by atoms with Crippen LogP contribution in [0.1, 0.15) is 203 Å². The highest BCUT2D eigenvalue weighted by Crippen LogP contribution is 2.35. The van der Waals surface area contributed by atoms with Gasteiger partial charge in [0.05, 0.1) is 12.4 Å². The van der Waals surface area contributed by atoms with Crippen LogP contribution in [0.15, 0.2) is 58.7 Å². The molecule has 2 aromatic rings. The average Bonchev–Trinajstić information content (AvgIpc) is 3.07. The zero-order valence-electron chi connectivity index (χ0n) is 29.7. The molecule has 1 aliphatic rings. The predicted molar refractivity (Wildman–Crippen MR) is 200 cm³/mol. The van der Waals surface area contributed by atoms with Crippen molar-refractivity contribution in [2.45, 2.75) is 180 Å². The highest BCUT2D eigenvalue weighted by Gasteiger charge is 2.19. The van der Waals surface area contributed by atoms with Crippen molar-refractivity contribution < 1.29 is 0 Å². The SMILES string of the molecule is CCCCCCCCCCCCCCCCCC(CCCC)c1ccc(C=NN=Cc2ccc([C@H]3CC[C@H](C)CC3)cc2)cc1. The number of hydrogen-bond donors (Lipinski definition) is 0. The fourth-order valence-corrected chi connectivity index (χ4v) is 7.19. The first-order valence-corrected chi connectivity index (χ1v) is 19.5. The second-order valence-electron chi connectivity index (χ2n) is 14.4. The van der Waals surface area contributed by atoms with Crippen LogP contribution in [-0.2, 0) is 0 Å². The summed E-state index contributed by atoms with van der Waals surface area (Å²) in [6.45, 7) is 7.00. The lowest BCUT2D eigenvalue weighted by atomic mass is 9.79. The molecule has 0 heterocycles. The lowest BCUT2D eigenvalue weighted by Crippen LogP contribution is -2.10. The quantitative estimate of drug-likeness (QED) is 0.0640. The molecule has 3 rings (SSSR count). The van der Waals surface area contributed by atoms with E-state index in [0.29, 0.717) is 5.92 Å². The van der Waals surface area contributed by atoms with Crippen LogP contribution in [0.25, 0.3) is 0 Å². The summed E-state index contributed by atoms with van der Waals surface area (Å²) in [5.74, 6) is 2.32. The monoisotopic (exact) mass is 613 g/mol. The van der Waals surface area contributed by atoms with E-state index in [1.165, 1.54) is 159 Å². The van der Waals surface area contributed by atoms with E-state index >= 15 is 0 Å². The highest BCUT2D eigenvalue weighted by atomic mass is 15.2. The van der Waals surface area contributed by atoms with Gasteiger partial charge in [-0.25, -0.2) is 0 Å². The Morgan fingerprint density at radius 2 is 0.956 bits per heavy atom. The van der Waals surface area contributed by atoms with Crippen molar-refractivity contribution >= 4 is 12.4 Å². The van der Waals surface area contributed by atoms with Crippen LogP contribution in [0.3, 0.4) is 0 Å². The molecule has 0 bridgehead atoms. The Labute approximate surface area is 279 Å². The van der Waals surface area contributed by atoms with Gasteiger partial charge in [0.2, 0.25) is 0 Å². The first-order chi connectivity index (χ1) is 22.2. The van der Waals surface area contributed by atoms with Crippen LogP contribution in [0.4, 0.5) is 0 Å². The fourth-order valence-electron chi connectivity index (χ4n) is 7.19. The Bertz CT molecular complexity index is 1030. The average molecular weight is 613 g/mol. The molecule has 0 aromatic heterocycles. The molecular weight excluding hydrogens is 544 g/mol. The summed E-state index contributed by atoms with van der Waals surface area (Å²) in [4.78, 5) is 0. The molecule has 0 radical (unpaired) electrons. The minimum Gasteiger partial charge on any atom is -0.159 e. The van der Waals surface area contributed by atoms with Gasteiger partial charge in [0, 0.05) is 0 Å². The molecule has 1 fully saturated rings. The summed E-state index contributed by atoms with van der Waals surface area (Å²) in [7, 11) is 0. The molecule has 2 heteroatoms. The molecule has 1 unspecified atom stereocenters. The number of nitrogens with zero attached hydrogens (tertiary/aromatic N) is 2. The highest BCUT2D eigenvalue weighted by molar-refractivity contribution is 5.82. The maximum atomic E-state index is 4.35. The molecule has 45 heavy (non-hydrogen) atoms. The molecule has 0 saturated heterocycles. The van der Waals surface area contributed by atoms with Crippen LogP contribution in [0, 0.1) is 5.92 Å². The van der Waals surface area contributed by atoms with E-state index in [4.69, 9.17) is 0 Å². The van der Waals surface area contributed by atoms with E-state index in [-0.39, 0.29) is 0 Å². The van der Waals surface area contributed by atoms with Crippen molar-refractivity contribution in [3.05, 3.63) is 70.8 Å². The van der Waals surface area contributed by atoms with Crippen molar-refractivity contribution in [2.24, 2.45) is 16.1 Å². The van der Waals surface area contributed by atoms with Gasteiger partial charge in [-0.2, -0.15) is 10.2 Å². The zero-order valence-corrected chi connectivity index (χ0v) is 29.7. The number of rotatable bonds is 24. The zero-order chi connectivity index (χ0) is 31.8. The number of benzene rings is 2. The predicted octanol–water partition coefficient (Wildman–Crippen LogP) is 14.0. The van der Waals surface area contributed by atoms with Gasteiger partial charge in [-0.05, 0) is 65.7 Å². The maximum absolute atomic E-state index is 4.35. The minimum absolute atomic E-state index is 0.691. The largest absolute Gasteiger partial charge is 0.159 e. The number of unbranched alkanes of at least 4 members (excludes halogenated alkanes) is 15. The molecule has 1 aliphatic carbocycles. The standard InChI is InChI=1S/C43H68N2/c1-4-6-8-9-10-11-12-13-14-15-16-17-18-19-20-22-40(21-7-5-2)42-31-25-38(26-32-42)35-44-45-36-39-27-33-43(34-28-39)41-29-23-37(3)24-30-41/h25-28,31-37,40-41H,4-24,29-30H2,1-3H3/t37-,40?,41-. The molecule has 0 amide bonds. The molecule has 2 nitrogen and oxygen atoms in total. The molecule has 1 atom stereocenters. The van der Waals surface area contributed by atoms with Gasteiger partial charge in [0.15, 0.2) is 0 Å². The summed E-state index contributed by atoms with van der Waals surface area (Å²) in [6.07, 6.45) is 35.9. The molecule has 1 saturated carbocycles. The van der Waals surface area contributed by atoms with Gasteiger partial charge in [0.25, 0.3) is 0 Å². The van der Waals surface area contributed by atoms with E-state index in [1.807, 2.05) is 12.4 Å². The van der Waals surface area contributed by atoms with Crippen LogP contribution in [0.2, 0.25) is 0 Å². The van der Waals surface area contributed by atoms with E-state index in [1.54, 1.807) is 0 Å². The van der Waals surface area contributed by atoms with Gasteiger partial charge in [0.1, 0.15) is 0 Å². The van der Waals surface area contributed by atoms with E-state index < -0.39 is 0 Å². The van der Waals surface area contributed by atoms with E-state index in [9.17, 15) is 0 Å². The molecule has 0 spiro atoms. The van der Waals surface area contributed by atoms with Crippen LogP contribution < -0.4 is 0 Å². The lowest BCUT2D eigenvalue weighted by Gasteiger charge is -2.26. The van der Waals surface area contributed by atoms with Crippen molar-refractivity contribution in [2.75, 3.05) is 0 Å². The van der Waals surface area contributed by atoms with Crippen molar-refractivity contribution in [3.8, 4) is 0 Å². The van der Waals surface area contributed by atoms with Crippen molar-refractivity contribution in [1.82, 2.24) is 0 Å². The van der Waals surface area contributed by atoms with Gasteiger partial charge in [-0.15, -0.1) is 0 Å². The van der Waals surface area contributed by atoms with Gasteiger partial charge in [-0.3, -0.25) is 0 Å². The normalized spacial score (nSPS) is 17.8. The summed E-state index contributed by atoms with van der Waals surface area (Å²) in [6, 6.07) is 18.1. The Kier molecular flexibility index (Phi) is 19.9. The fraction of sp³-hybridized carbons (Fsp3) is 0.674. The second kappa shape index (κ2) is 24.0. The third kappa shape index (κ3) is 16.3. The first-order valence-electron chi connectivity index (χ1n) is 19.5. The molecule has 2 aromatic carbocycles. The summed E-state index contributed by atoms with van der Waals surface area (Å²) in [5.41, 5.74) is 5.23. The van der Waals surface area contributed by atoms with Gasteiger partial charge >= 0.3 is 0 Å². The summed E-state index contributed by atoms with van der Waals surface area (Å²) < 4.78 is 0. The third-order valence-electron chi connectivity index (χ3n) is 10.4. The third-order valence-corrected chi connectivity index (χ3v) is 10.4. The van der Waals surface area contributed by atoms with Crippen LogP contribution in [-0.4, -0.2) is 12.4 Å². The summed E-state index contributed by atoms with van der Waals surface area (Å²) in [5, 5.41) is 8.68.